The molecule has 1 atom stereocenters. The zero-order chi connectivity index (χ0) is 13.7. The first-order valence-electron chi connectivity index (χ1n) is 6.47. The summed E-state index contributed by atoms with van der Waals surface area (Å²) in [5.74, 6) is 0.470. The van der Waals surface area contributed by atoms with E-state index in [2.05, 4.69) is 51.6 Å². The first kappa shape index (κ1) is 13.4. The second-order valence-electron chi connectivity index (χ2n) is 4.50. The van der Waals surface area contributed by atoms with Crippen LogP contribution in [0.5, 0.6) is 0 Å². The van der Waals surface area contributed by atoms with Gasteiger partial charge in [-0.1, -0.05) is 37.6 Å². The molecule has 0 spiro atoms. The Hall–Kier alpha value is -2.04. The van der Waals surface area contributed by atoms with Gasteiger partial charge in [0.05, 0.1) is 19.7 Å². The minimum absolute atomic E-state index is 0.115. The van der Waals surface area contributed by atoms with Gasteiger partial charge in [-0.3, -0.25) is 10.3 Å². The van der Waals surface area contributed by atoms with Gasteiger partial charge in [0.1, 0.15) is 0 Å². The molecule has 0 saturated carbocycles. The minimum Gasteiger partial charge on any atom is -0.453 e. The molecule has 1 aromatic carbocycles. The maximum atomic E-state index is 11.1. The van der Waals surface area contributed by atoms with Gasteiger partial charge in [-0.15, -0.1) is 0 Å². The fraction of sp³-hybridized carbons (Fsp3) is 0.429. The summed E-state index contributed by atoms with van der Waals surface area (Å²) < 4.78 is 4.53. The molecule has 0 bridgehead atoms. The summed E-state index contributed by atoms with van der Waals surface area (Å²) >= 11 is 0. The van der Waals surface area contributed by atoms with Gasteiger partial charge in [0.2, 0.25) is 5.96 Å². The number of methoxy groups -OCH3 is 1. The molecule has 19 heavy (non-hydrogen) atoms. The van der Waals surface area contributed by atoms with Crippen molar-refractivity contribution in [2.75, 3.05) is 13.7 Å². The number of alkyl carbamates (subject to hydrolysis) is 1. The van der Waals surface area contributed by atoms with Gasteiger partial charge in [-0.25, -0.2) is 4.79 Å². The van der Waals surface area contributed by atoms with Crippen molar-refractivity contribution >= 4 is 12.1 Å². The van der Waals surface area contributed by atoms with E-state index in [-0.39, 0.29) is 6.04 Å². The van der Waals surface area contributed by atoms with Crippen molar-refractivity contribution < 1.29 is 9.53 Å². The van der Waals surface area contributed by atoms with Crippen LogP contribution in [0.15, 0.2) is 29.3 Å². The lowest BCUT2D eigenvalue weighted by atomic mass is 10.0. The summed E-state index contributed by atoms with van der Waals surface area (Å²) in [5, 5.41) is 5.73. The van der Waals surface area contributed by atoms with Crippen molar-refractivity contribution in [2.24, 2.45) is 4.99 Å². The Morgan fingerprint density at radius 3 is 3.16 bits per heavy atom. The first-order chi connectivity index (χ1) is 9.22. The number of amides is 1. The van der Waals surface area contributed by atoms with Gasteiger partial charge < -0.3 is 10.1 Å². The van der Waals surface area contributed by atoms with Gasteiger partial charge in [0.15, 0.2) is 0 Å². The van der Waals surface area contributed by atoms with E-state index in [0.29, 0.717) is 12.5 Å². The molecule has 102 valence electrons. The third-order valence-corrected chi connectivity index (χ3v) is 3.04. The zero-order valence-corrected chi connectivity index (χ0v) is 11.3. The number of hydrogen-bond donors (Lipinski definition) is 2. The predicted octanol–water partition coefficient (Wildman–Crippen LogP) is 2.00. The highest BCUT2D eigenvalue weighted by Gasteiger charge is 2.20. The Morgan fingerprint density at radius 1 is 1.58 bits per heavy atom. The summed E-state index contributed by atoms with van der Waals surface area (Å²) in [6.45, 7) is 2.79. The predicted molar refractivity (Wildman–Crippen MR) is 74.2 cm³/mol. The number of carbonyl (C=O) groups is 1. The monoisotopic (exact) mass is 261 g/mol. The van der Waals surface area contributed by atoms with Crippen LogP contribution in [0.4, 0.5) is 4.79 Å². The van der Waals surface area contributed by atoms with Crippen LogP contribution in [0, 0.1) is 0 Å². The summed E-state index contributed by atoms with van der Waals surface area (Å²) in [6, 6.07) is 8.58. The Morgan fingerprint density at radius 2 is 2.42 bits per heavy atom. The van der Waals surface area contributed by atoms with Crippen LogP contribution in [0.1, 0.15) is 30.5 Å². The molecule has 1 aliphatic heterocycles. The summed E-state index contributed by atoms with van der Waals surface area (Å²) in [7, 11) is 1.33. The van der Waals surface area contributed by atoms with Crippen LogP contribution in [-0.4, -0.2) is 25.7 Å². The summed E-state index contributed by atoms with van der Waals surface area (Å²) in [4.78, 5) is 15.3. The number of hydrogen-bond acceptors (Lipinski definition) is 4. The maximum Gasteiger partial charge on any atom is 0.413 e. The highest BCUT2D eigenvalue weighted by molar-refractivity contribution is 5.94. The Labute approximate surface area is 113 Å². The number of benzene rings is 1. The van der Waals surface area contributed by atoms with Gasteiger partial charge in [-0.2, -0.15) is 0 Å². The largest absolute Gasteiger partial charge is 0.453 e. The quantitative estimate of drug-likeness (QED) is 0.874. The molecule has 2 rings (SSSR count). The van der Waals surface area contributed by atoms with E-state index in [1.54, 1.807) is 0 Å². The van der Waals surface area contributed by atoms with E-state index in [1.807, 2.05) is 0 Å². The van der Waals surface area contributed by atoms with Crippen LogP contribution in [0.25, 0.3) is 0 Å². The number of guanidine groups is 1. The fourth-order valence-corrected chi connectivity index (χ4v) is 2.11. The Bertz CT molecular complexity index is 485. The molecule has 1 unspecified atom stereocenters. The van der Waals surface area contributed by atoms with E-state index < -0.39 is 6.09 Å². The third kappa shape index (κ3) is 3.47. The standard InChI is InChI=1S/C14H19N3O2/c1-3-5-10-6-4-7-11(8-10)12-9-15-13(16-12)17-14(18)19-2/h4,6-8,12H,3,5,9H2,1-2H3,(H2,15,16,17,18). The molecule has 0 aliphatic carbocycles. The van der Waals surface area contributed by atoms with Gasteiger partial charge >= 0.3 is 6.09 Å². The average Bonchev–Trinajstić information content (AvgIpc) is 2.88. The summed E-state index contributed by atoms with van der Waals surface area (Å²) in [5.41, 5.74) is 2.52. The Balaban J connectivity index is 1.98. The normalized spacial score (nSPS) is 17.6. The molecule has 1 aromatic rings. The van der Waals surface area contributed by atoms with Gasteiger partial charge in [0.25, 0.3) is 0 Å². The molecule has 1 amide bonds. The lowest BCUT2D eigenvalue weighted by Gasteiger charge is -2.13. The van der Waals surface area contributed by atoms with E-state index in [1.165, 1.54) is 18.2 Å². The SMILES string of the molecule is CCCc1cccc(C2CN=C(NC(=O)OC)N2)c1. The lowest BCUT2D eigenvalue weighted by molar-refractivity contribution is 0.176. The second kappa shape index (κ2) is 6.22. The molecule has 0 aromatic heterocycles. The van der Waals surface area contributed by atoms with Gasteiger partial charge in [0, 0.05) is 0 Å². The van der Waals surface area contributed by atoms with Crippen LogP contribution in [0.3, 0.4) is 0 Å². The van der Waals surface area contributed by atoms with Crippen molar-refractivity contribution in [1.82, 2.24) is 10.6 Å². The minimum atomic E-state index is -0.508. The third-order valence-electron chi connectivity index (χ3n) is 3.04. The molecule has 0 fully saturated rings. The molecule has 0 saturated heterocycles. The maximum absolute atomic E-state index is 11.1. The molecular weight excluding hydrogens is 242 g/mol. The van der Waals surface area contributed by atoms with Crippen molar-refractivity contribution in [1.29, 1.82) is 0 Å². The van der Waals surface area contributed by atoms with E-state index in [0.717, 1.165) is 12.8 Å². The second-order valence-corrected chi connectivity index (χ2v) is 4.50. The molecule has 5 heteroatoms. The van der Waals surface area contributed by atoms with Crippen molar-refractivity contribution in [3.8, 4) is 0 Å². The lowest BCUT2D eigenvalue weighted by Crippen LogP contribution is -2.39. The van der Waals surface area contributed by atoms with Gasteiger partial charge in [-0.05, 0) is 17.5 Å². The average molecular weight is 261 g/mol. The molecular formula is C14H19N3O2. The zero-order valence-electron chi connectivity index (χ0n) is 11.3. The first-order valence-corrected chi connectivity index (χ1v) is 6.47. The highest BCUT2D eigenvalue weighted by Crippen LogP contribution is 2.18. The number of carbonyl (C=O) groups excluding carboxylic acids is 1. The van der Waals surface area contributed by atoms with Crippen molar-refractivity contribution in [3.05, 3.63) is 35.4 Å². The number of aryl methyl sites for hydroxylation is 1. The van der Waals surface area contributed by atoms with E-state index in [9.17, 15) is 4.79 Å². The van der Waals surface area contributed by atoms with Crippen LogP contribution >= 0.6 is 0 Å². The molecule has 0 radical (unpaired) electrons. The van der Waals surface area contributed by atoms with Crippen LogP contribution < -0.4 is 10.6 Å². The number of aliphatic imine (C=N–C) groups is 1. The molecule has 5 nitrogen and oxygen atoms in total. The number of ether oxygens (including phenoxy) is 1. The molecule has 1 heterocycles. The summed E-state index contributed by atoms with van der Waals surface area (Å²) in [6.07, 6.45) is 1.70. The fourth-order valence-electron chi connectivity index (χ4n) is 2.11. The Kier molecular flexibility index (Phi) is 4.39. The smallest absolute Gasteiger partial charge is 0.413 e. The van der Waals surface area contributed by atoms with Crippen molar-refractivity contribution in [3.63, 3.8) is 0 Å². The van der Waals surface area contributed by atoms with Crippen LogP contribution in [0.2, 0.25) is 0 Å². The topological polar surface area (TPSA) is 62.7 Å². The number of nitrogens with one attached hydrogen (secondary N) is 2. The van der Waals surface area contributed by atoms with E-state index >= 15 is 0 Å². The van der Waals surface area contributed by atoms with Crippen LogP contribution in [-0.2, 0) is 11.2 Å². The number of rotatable bonds is 3. The highest BCUT2D eigenvalue weighted by atomic mass is 16.5. The molecule has 1 aliphatic rings. The van der Waals surface area contributed by atoms with Crippen molar-refractivity contribution in [2.45, 2.75) is 25.8 Å². The number of nitrogens with zero attached hydrogens (tertiary/aromatic N) is 1. The van der Waals surface area contributed by atoms with E-state index in [4.69, 9.17) is 0 Å². The molecule has 2 N–H and O–H groups in total.